The fraction of sp³-hybridized carbons (Fsp3) is 0.222. The lowest BCUT2D eigenvalue weighted by molar-refractivity contribution is 0.1000. The maximum absolute atomic E-state index is 11.7. The third kappa shape index (κ3) is 2.34. The summed E-state index contributed by atoms with van der Waals surface area (Å²) in [5.41, 5.74) is 5.23. The molecule has 1 rings (SSSR count). The van der Waals surface area contributed by atoms with E-state index in [0.717, 1.165) is 4.31 Å². The van der Waals surface area contributed by atoms with Gasteiger partial charge in [0.2, 0.25) is 15.9 Å². The third-order valence-electron chi connectivity index (χ3n) is 1.90. The summed E-state index contributed by atoms with van der Waals surface area (Å²) in [7, 11) is -0.662. The van der Waals surface area contributed by atoms with Crippen LogP contribution in [0.1, 0.15) is 10.4 Å². The molecule has 0 bridgehead atoms. The van der Waals surface area contributed by atoms with Crippen LogP contribution in [0.2, 0.25) is 0 Å². The van der Waals surface area contributed by atoms with Crippen molar-refractivity contribution in [3.63, 3.8) is 0 Å². The summed E-state index contributed by atoms with van der Waals surface area (Å²) < 4.78 is 24.4. The van der Waals surface area contributed by atoms with Crippen molar-refractivity contribution in [3.8, 4) is 0 Å². The minimum atomic E-state index is -3.51. The fourth-order valence-electron chi connectivity index (χ4n) is 1.02. The van der Waals surface area contributed by atoms with Gasteiger partial charge in [0.15, 0.2) is 0 Å². The van der Waals surface area contributed by atoms with E-state index in [1.54, 1.807) is 0 Å². The van der Waals surface area contributed by atoms with Crippen LogP contribution >= 0.6 is 0 Å². The van der Waals surface area contributed by atoms with Gasteiger partial charge >= 0.3 is 0 Å². The number of carbonyl (C=O) groups is 1. The van der Waals surface area contributed by atoms with E-state index in [2.05, 4.69) is 0 Å². The zero-order valence-electron chi connectivity index (χ0n) is 8.47. The summed E-state index contributed by atoms with van der Waals surface area (Å²) >= 11 is 0. The van der Waals surface area contributed by atoms with Gasteiger partial charge in [-0.3, -0.25) is 4.79 Å². The molecule has 0 radical (unpaired) electrons. The summed E-state index contributed by atoms with van der Waals surface area (Å²) in [5.74, 6) is -0.647. The summed E-state index contributed by atoms with van der Waals surface area (Å²) in [6, 6.07) is 5.63. The number of carbonyl (C=O) groups excluding carboxylic acids is 1. The number of benzene rings is 1. The molecule has 1 aromatic carbocycles. The highest BCUT2D eigenvalue weighted by Crippen LogP contribution is 2.14. The first-order valence-corrected chi connectivity index (χ1v) is 5.62. The van der Waals surface area contributed by atoms with Gasteiger partial charge in [0.1, 0.15) is 0 Å². The van der Waals surface area contributed by atoms with Gasteiger partial charge in [-0.2, -0.15) is 0 Å². The zero-order chi connectivity index (χ0) is 11.6. The van der Waals surface area contributed by atoms with E-state index in [9.17, 15) is 13.2 Å². The van der Waals surface area contributed by atoms with Gasteiger partial charge < -0.3 is 5.73 Å². The SMILES string of the molecule is CN(C)S(=O)(=O)c1cccc(C(N)=O)c1. The Labute approximate surface area is 88.5 Å². The molecule has 0 saturated heterocycles. The highest BCUT2D eigenvalue weighted by atomic mass is 32.2. The van der Waals surface area contributed by atoms with Crippen molar-refractivity contribution in [2.45, 2.75) is 4.90 Å². The minimum Gasteiger partial charge on any atom is -0.366 e. The molecule has 1 aromatic rings. The van der Waals surface area contributed by atoms with E-state index in [4.69, 9.17) is 5.73 Å². The summed E-state index contributed by atoms with van der Waals surface area (Å²) in [6.07, 6.45) is 0. The van der Waals surface area contributed by atoms with E-state index in [0.29, 0.717) is 0 Å². The predicted molar refractivity (Wildman–Crippen MR) is 55.8 cm³/mol. The number of hydrogen-bond donors (Lipinski definition) is 1. The van der Waals surface area contributed by atoms with Gasteiger partial charge in [0, 0.05) is 19.7 Å². The van der Waals surface area contributed by atoms with Crippen molar-refractivity contribution in [3.05, 3.63) is 29.8 Å². The van der Waals surface area contributed by atoms with E-state index in [1.165, 1.54) is 38.4 Å². The van der Waals surface area contributed by atoms with Gasteiger partial charge in [-0.1, -0.05) is 6.07 Å². The van der Waals surface area contributed by atoms with Crippen LogP contribution in [0.15, 0.2) is 29.2 Å². The molecule has 0 saturated carbocycles. The Bertz CT molecular complexity index is 480. The highest BCUT2D eigenvalue weighted by Gasteiger charge is 2.17. The van der Waals surface area contributed by atoms with Crippen molar-refractivity contribution < 1.29 is 13.2 Å². The van der Waals surface area contributed by atoms with Gasteiger partial charge in [-0.25, -0.2) is 12.7 Å². The normalized spacial score (nSPS) is 11.7. The first-order chi connectivity index (χ1) is 6.85. The van der Waals surface area contributed by atoms with E-state index in [1.807, 2.05) is 0 Å². The minimum absolute atomic E-state index is 0.0591. The highest BCUT2D eigenvalue weighted by molar-refractivity contribution is 7.89. The van der Waals surface area contributed by atoms with Crippen LogP contribution in [0.5, 0.6) is 0 Å². The van der Waals surface area contributed by atoms with Crippen molar-refractivity contribution in [1.82, 2.24) is 4.31 Å². The van der Waals surface area contributed by atoms with Crippen molar-refractivity contribution in [2.75, 3.05) is 14.1 Å². The zero-order valence-corrected chi connectivity index (χ0v) is 9.28. The maximum atomic E-state index is 11.7. The molecule has 2 N–H and O–H groups in total. The maximum Gasteiger partial charge on any atom is 0.248 e. The van der Waals surface area contributed by atoms with Crippen LogP contribution in [0.3, 0.4) is 0 Å². The third-order valence-corrected chi connectivity index (χ3v) is 3.71. The lowest BCUT2D eigenvalue weighted by Gasteiger charge is -2.11. The van der Waals surface area contributed by atoms with E-state index in [-0.39, 0.29) is 10.5 Å². The number of nitrogens with two attached hydrogens (primary N) is 1. The Balaban J connectivity index is 3.29. The van der Waals surface area contributed by atoms with Crippen LogP contribution in [-0.4, -0.2) is 32.7 Å². The number of rotatable bonds is 3. The molecule has 0 unspecified atom stereocenters. The Morgan fingerprint density at radius 1 is 1.33 bits per heavy atom. The number of primary amides is 1. The molecular weight excluding hydrogens is 216 g/mol. The molecule has 0 aliphatic carbocycles. The second-order valence-corrected chi connectivity index (χ2v) is 5.33. The Hall–Kier alpha value is -1.40. The molecule has 6 heteroatoms. The van der Waals surface area contributed by atoms with E-state index >= 15 is 0 Å². The van der Waals surface area contributed by atoms with Crippen LogP contribution in [-0.2, 0) is 10.0 Å². The monoisotopic (exact) mass is 228 g/mol. The summed E-state index contributed by atoms with van der Waals surface area (Å²) in [4.78, 5) is 10.9. The van der Waals surface area contributed by atoms with Gasteiger partial charge in [0.05, 0.1) is 4.90 Å². The average molecular weight is 228 g/mol. The quantitative estimate of drug-likeness (QED) is 0.792. The topological polar surface area (TPSA) is 80.5 Å². The number of nitrogens with zero attached hydrogens (tertiary/aromatic N) is 1. The molecule has 5 nitrogen and oxygen atoms in total. The van der Waals surface area contributed by atoms with Crippen molar-refractivity contribution in [2.24, 2.45) is 5.73 Å². The molecule has 0 heterocycles. The molecule has 0 aromatic heterocycles. The molecule has 82 valence electrons. The Morgan fingerprint density at radius 3 is 2.40 bits per heavy atom. The fourth-order valence-corrected chi connectivity index (χ4v) is 1.97. The van der Waals surface area contributed by atoms with E-state index < -0.39 is 15.9 Å². The van der Waals surface area contributed by atoms with Gasteiger partial charge in [-0.05, 0) is 18.2 Å². The molecule has 0 atom stereocenters. The van der Waals surface area contributed by atoms with Crippen LogP contribution in [0, 0.1) is 0 Å². The van der Waals surface area contributed by atoms with Crippen molar-refractivity contribution in [1.29, 1.82) is 0 Å². The molecule has 1 amide bonds. The summed E-state index contributed by atoms with van der Waals surface area (Å²) in [5, 5.41) is 0. The standard InChI is InChI=1S/C9H12N2O3S/c1-11(2)15(13,14)8-5-3-4-7(6-8)9(10)12/h3-6H,1-2H3,(H2,10,12). The first-order valence-electron chi connectivity index (χ1n) is 4.18. The second kappa shape index (κ2) is 4.00. The predicted octanol–water partition coefficient (Wildman–Crippen LogP) is 0.0358. The van der Waals surface area contributed by atoms with Crippen LogP contribution in [0.4, 0.5) is 0 Å². The number of sulfonamides is 1. The Morgan fingerprint density at radius 2 is 1.93 bits per heavy atom. The van der Waals surface area contributed by atoms with Gasteiger partial charge in [-0.15, -0.1) is 0 Å². The molecular formula is C9H12N2O3S. The average Bonchev–Trinajstić information content (AvgIpc) is 2.17. The Kier molecular flexibility index (Phi) is 3.11. The smallest absolute Gasteiger partial charge is 0.248 e. The van der Waals surface area contributed by atoms with Gasteiger partial charge in [0.25, 0.3) is 0 Å². The van der Waals surface area contributed by atoms with Crippen LogP contribution < -0.4 is 5.73 Å². The number of hydrogen-bond acceptors (Lipinski definition) is 3. The molecule has 0 aliphatic heterocycles. The lowest BCUT2D eigenvalue weighted by Crippen LogP contribution is -2.22. The molecule has 0 aliphatic rings. The molecule has 0 fully saturated rings. The second-order valence-electron chi connectivity index (χ2n) is 3.18. The molecule has 0 spiro atoms. The summed E-state index contributed by atoms with van der Waals surface area (Å²) in [6.45, 7) is 0. The van der Waals surface area contributed by atoms with Crippen molar-refractivity contribution >= 4 is 15.9 Å². The lowest BCUT2D eigenvalue weighted by atomic mass is 10.2. The van der Waals surface area contributed by atoms with Crippen LogP contribution in [0.25, 0.3) is 0 Å². The largest absolute Gasteiger partial charge is 0.366 e. The number of amides is 1. The molecule has 15 heavy (non-hydrogen) atoms. The first kappa shape index (κ1) is 11.7.